The summed E-state index contributed by atoms with van der Waals surface area (Å²) in [6.45, 7) is 3.79. The number of aromatic nitrogens is 1. The molecule has 2 aromatic carbocycles. The minimum Gasteiger partial charge on any atom is -0.319 e. The van der Waals surface area contributed by atoms with Gasteiger partial charge >= 0.3 is 0 Å². The number of nitriles is 1. The van der Waals surface area contributed by atoms with Crippen molar-refractivity contribution in [3.8, 4) is 11.8 Å². The van der Waals surface area contributed by atoms with E-state index in [4.69, 9.17) is 46.4 Å². The van der Waals surface area contributed by atoms with Crippen LogP contribution in [0.25, 0.3) is 11.8 Å². The highest BCUT2D eigenvalue weighted by Crippen LogP contribution is 2.31. The summed E-state index contributed by atoms with van der Waals surface area (Å²) in [6.07, 6.45) is 1.52. The van der Waals surface area contributed by atoms with Gasteiger partial charge in [-0.15, -0.1) is 0 Å². The predicted octanol–water partition coefficient (Wildman–Crippen LogP) is 7.25. The van der Waals surface area contributed by atoms with Gasteiger partial charge in [0.15, 0.2) is 0 Å². The van der Waals surface area contributed by atoms with Crippen molar-refractivity contribution in [3.05, 3.63) is 85.1 Å². The molecule has 0 spiro atoms. The Bertz CT molecular complexity index is 1180. The summed E-state index contributed by atoms with van der Waals surface area (Å²) in [4.78, 5) is 12.7. The average Bonchev–Trinajstić information content (AvgIpc) is 2.95. The zero-order valence-corrected chi connectivity index (χ0v) is 19.0. The maximum atomic E-state index is 12.7. The fourth-order valence-corrected chi connectivity index (χ4v) is 4.11. The van der Waals surface area contributed by atoms with Gasteiger partial charge < -0.3 is 9.88 Å². The summed E-state index contributed by atoms with van der Waals surface area (Å²) in [6, 6.07) is 13.9. The molecule has 8 heteroatoms. The molecule has 1 N–H and O–H groups in total. The second-order valence-corrected chi connectivity index (χ2v) is 8.20. The summed E-state index contributed by atoms with van der Waals surface area (Å²) in [5.74, 6) is -0.608. The maximum absolute atomic E-state index is 12.7. The Kier molecular flexibility index (Phi) is 6.80. The monoisotopic (exact) mass is 477 g/mol. The molecule has 0 radical (unpaired) electrons. The van der Waals surface area contributed by atoms with Gasteiger partial charge in [0, 0.05) is 27.1 Å². The number of hydrogen-bond donors (Lipinski definition) is 1. The van der Waals surface area contributed by atoms with Crippen LogP contribution in [0.5, 0.6) is 0 Å². The number of nitrogens with one attached hydrogen (secondary N) is 1. The van der Waals surface area contributed by atoms with E-state index in [1.165, 1.54) is 6.08 Å². The number of amides is 1. The Balaban J connectivity index is 1.99. The highest BCUT2D eigenvalue weighted by molar-refractivity contribution is 6.40. The quantitative estimate of drug-likeness (QED) is 0.317. The van der Waals surface area contributed by atoms with E-state index in [-0.39, 0.29) is 21.3 Å². The molecular weight excluding hydrogens is 464 g/mol. The van der Waals surface area contributed by atoms with Crippen molar-refractivity contribution in [3.63, 3.8) is 0 Å². The summed E-state index contributed by atoms with van der Waals surface area (Å²) >= 11 is 24.5. The second kappa shape index (κ2) is 9.16. The largest absolute Gasteiger partial charge is 0.319 e. The van der Waals surface area contributed by atoms with Gasteiger partial charge in [0.25, 0.3) is 5.91 Å². The first-order valence-electron chi connectivity index (χ1n) is 8.74. The van der Waals surface area contributed by atoms with E-state index in [0.717, 1.165) is 17.1 Å². The molecule has 3 rings (SSSR count). The molecule has 0 aliphatic rings. The molecule has 1 aromatic heterocycles. The van der Waals surface area contributed by atoms with Crippen molar-refractivity contribution < 1.29 is 4.79 Å². The Labute approximate surface area is 194 Å². The SMILES string of the molecule is Cc1cc(/C=C(\C#N)C(=O)Nc2c(Cl)cccc2Cl)c(C)n1-c1cc(Cl)cc(Cl)c1. The molecule has 152 valence electrons. The third-order valence-electron chi connectivity index (χ3n) is 4.44. The smallest absolute Gasteiger partial charge is 0.266 e. The van der Waals surface area contributed by atoms with Crippen molar-refractivity contribution in [2.24, 2.45) is 0 Å². The lowest BCUT2D eigenvalue weighted by Crippen LogP contribution is -2.14. The van der Waals surface area contributed by atoms with Gasteiger partial charge in [0.1, 0.15) is 11.6 Å². The van der Waals surface area contributed by atoms with Crippen LogP contribution in [-0.2, 0) is 4.79 Å². The van der Waals surface area contributed by atoms with E-state index in [9.17, 15) is 10.1 Å². The first kappa shape index (κ1) is 22.3. The van der Waals surface area contributed by atoms with Crippen LogP contribution in [-0.4, -0.2) is 10.5 Å². The van der Waals surface area contributed by atoms with Gasteiger partial charge in [0.05, 0.1) is 15.7 Å². The number of carbonyl (C=O) groups is 1. The topological polar surface area (TPSA) is 57.8 Å². The average molecular weight is 479 g/mol. The van der Waals surface area contributed by atoms with Gasteiger partial charge in [-0.2, -0.15) is 5.26 Å². The fraction of sp³-hybridized carbons (Fsp3) is 0.0909. The Morgan fingerprint density at radius 1 is 1.03 bits per heavy atom. The second-order valence-electron chi connectivity index (χ2n) is 6.51. The number of benzene rings is 2. The van der Waals surface area contributed by atoms with Crippen molar-refractivity contribution in [1.29, 1.82) is 5.26 Å². The highest BCUT2D eigenvalue weighted by Gasteiger charge is 2.16. The third kappa shape index (κ3) is 4.66. The first-order chi connectivity index (χ1) is 14.2. The van der Waals surface area contributed by atoms with Crippen LogP contribution >= 0.6 is 46.4 Å². The van der Waals surface area contributed by atoms with Crippen LogP contribution in [0.1, 0.15) is 17.0 Å². The normalized spacial score (nSPS) is 11.3. The van der Waals surface area contributed by atoms with Gasteiger partial charge in [0.2, 0.25) is 0 Å². The maximum Gasteiger partial charge on any atom is 0.266 e. The lowest BCUT2D eigenvalue weighted by Gasteiger charge is -2.11. The number of aryl methyl sites for hydroxylation is 1. The molecule has 0 saturated heterocycles. The standard InChI is InChI=1S/C22H15Cl4N3O/c1-12-6-14(13(2)29(12)18-9-16(23)8-17(24)10-18)7-15(11-27)22(30)28-21-19(25)4-3-5-20(21)26/h3-10H,1-2H3,(H,28,30)/b15-7+. The molecule has 3 aromatic rings. The number of nitrogens with zero attached hydrogens (tertiary/aromatic N) is 2. The van der Waals surface area contributed by atoms with E-state index in [0.29, 0.717) is 15.6 Å². The van der Waals surface area contributed by atoms with Gasteiger partial charge in [-0.05, 0) is 61.9 Å². The van der Waals surface area contributed by atoms with E-state index >= 15 is 0 Å². The van der Waals surface area contributed by atoms with Crippen molar-refractivity contribution in [2.45, 2.75) is 13.8 Å². The number of carbonyl (C=O) groups excluding carboxylic acids is 1. The molecule has 1 heterocycles. The van der Waals surface area contributed by atoms with Crippen LogP contribution in [0, 0.1) is 25.2 Å². The molecule has 0 saturated carbocycles. The number of rotatable bonds is 4. The fourth-order valence-electron chi connectivity index (χ4n) is 3.10. The Morgan fingerprint density at radius 3 is 2.20 bits per heavy atom. The summed E-state index contributed by atoms with van der Waals surface area (Å²) in [7, 11) is 0. The van der Waals surface area contributed by atoms with E-state index in [2.05, 4.69) is 5.32 Å². The molecule has 4 nitrogen and oxygen atoms in total. The van der Waals surface area contributed by atoms with Gasteiger partial charge in [-0.3, -0.25) is 4.79 Å². The molecule has 0 aliphatic carbocycles. The molecular formula is C22H15Cl4N3O. The zero-order chi connectivity index (χ0) is 22.0. The van der Waals surface area contributed by atoms with Crippen LogP contribution < -0.4 is 5.32 Å². The van der Waals surface area contributed by atoms with Crippen molar-refractivity contribution in [2.75, 3.05) is 5.32 Å². The van der Waals surface area contributed by atoms with Crippen LogP contribution in [0.2, 0.25) is 20.1 Å². The predicted molar refractivity (Wildman–Crippen MR) is 124 cm³/mol. The van der Waals surface area contributed by atoms with Crippen LogP contribution in [0.3, 0.4) is 0 Å². The number of halogens is 4. The van der Waals surface area contributed by atoms with Crippen molar-refractivity contribution >= 4 is 64.1 Å². The minimum atomic E-state index is -0.608. The van der Waals surface area contributed by atoms with E-state index in [1.54, 1.807) is 36.4 Å². The minimum absolute atomic E-state index is 0.0876. The molecule has 0 fully saturated rings. The highest BCUT2D eigenvalue weighted by atomic mass is 35.5. The first-order valence-corrected chi connectivity index (χ1v) is 10.2. The lowest BCUT2D eigenvalue weighted by molar-refractivity contribution is -0.112. The Morgan fingerprint density at radius 2 is 1.63 bits per heavy atom. The van der Waals surface area contributed by atoms with Gasteiger partial charge in [-0.25, -0.2) is 0 Å². The third-order valence-corrected chi connectivity index (χ3v) is 5.51. The molecule has 30 heavy (non-hydrogen) atoms. The lowest BCUT2D eigenvalue weighted by atomic mass is 10.1. The molecule has 0 atom stereocenters. The summed E-state index contributed by atoms with van der Waals surface area (Å²) in [5, 5.41) is 13.7. The van der Waals surface area contributed by atoms with Crippen LogP contribution in [0.4, 0.5) is 5.69 Å². The number of para-hydroxylation sites is 1. The number of anilines is 1. The van der Waals surface area contributed by atoms with Crippen molar-refractivity contribution in [1.82, 2.24) is 4.57 Å². The zero-order valence-electron chi connectivity index (χ0n) is 15.9. The molecule has 0 bridgehead atoms. The summed E-state index contributed by atoms with van der Waals surface area (Å²) in [5.41, 5.74) is 3.38. The van der Waals surface area contributed by atoms with Crippen LogP contribution in [0.15, 0.2) is 48.0 Å². The molecule has 0 unspecified atom stereocenters. The summed E-state index contributed by atoms with van der Waals surface area (Å²) < 4.78 is 1.95. The molecule has 1 amide bonds. The molecule has 0 aliphatic heterocycles. The Hall–Kier alpha value is -2.42. The van der Waals surface area contributed by atoms with E-state index < -0.39 is 5.91 Å². The number of hydrogen-bond acceptors (Lipinski definition) is 2. The van der Waals surface area contributed by atoms with E-state index in [1.807, 2.05) is 30.6 Å². The van der Waals surface area contributed by atoms with Gasteiger partial charge in [-0.1, -0.05) is 52.5 Å².